The van der Waals surface area contributed by atoms with Crippen LogP contribution in [0.25, 0.3) is 11.0 Å². The summed E-state index contributed by atoms with van der Waals surface area (Å²) in [7, 11) is 0. The van der Waals surface area contributed by atoms with Gasteiger partial charge in [-0.2, -0.15) is 0 Å². The Kier molecular flexibility index (Phi) is 1.92. The molecule has 1 saturated carbocycles. The van der Waals surface area contributed by atoms with E-state index in [-0.39, 0.29) is 0 Å². The van der Waals surface area contributed by atoms with Crippen LogP contribution < -0.4 is 4.90 Å². The maximum absolute atomic E-state index is 4.49. The van der Waals surface area contributed by atoms with Gasteiger partial charge in [0.25, 0.3) is 0 Å². The number of rotatable bonds is 1. The highest BCUT2D eigenvalue weighted by Gasteiger charge is 2.33. The van der Waals surface area contributed by atoms with Crippen molar-refractivity contribution in [1.29, 1.82) is 0 Å². The number of fused-ring (bicyclic) bond motifs is 3. The minimum absolute atomic E-state index is 0.887. The molecule has 0 amide bonds. The van der Waals surface area contributed by atoms with Crippen LogP contribution in [0.2, 0.25) is 0 Å². The maximum Gasteiger partial charge on any atom is 0.142 e. The molecule has 2 aromatic rings. The zero-order valence-electron chi connectivity index (χ0n) is 9.76. The first kappa shape index (κ1) is 9.45. The maximum atomic E-state index is 4.49. The normalized spacial score (nSPS) is 27.9. The van der Waals surface area contributed by atoms with Gasteiger partial charge in [0.2, 0.25) is 0 Å². The first-order valence-electron chi connectivity index (χ1n) is 6.43. The molecule has 0 spiro atoms. The van der Waals surface area contributed by atoms with Crippen LogP contribution in [0.3, 0.4) is 0 Å². The zero-order chi connectivity index (χ0) is 11.2. The lowest BCUT2D eigenvalue weighted by Gasteiger charge is -2.32. The molecule has 2 aromatic heterocycles. The molecule has 0 aromatic carbocycles. The lowest BCUT2D eigenvalue weighted by Crippen LogP contribution is -2.37. The molecule has 2 unspecified atom stereocenters. The first-order chi connectivity index (χ1) is 8.40. The lowest BCUT2D eigenvalue weighted by molar-refractivity contribution is 0.420. The van der Waals surface area contributed by atoms with Crippen LogP contribution in [0.15, 0.2) is 18.6 Å². The van der Waals surface area contributed by atoms with Gasteiger partial charge >= 0.3 is 0 Å². The molecule has 4 nitrogen and oxygen atoms in total. The molecular formula is C13H16N4. The third-order valence-electron chi connectivity index (χ3n) is 4.24. The van der Waals surface area contributed by atoms with Gasteiger partial charge in [0.05, 0.1) is 5.39 Å². The third kappa shape index (κ3) is 1.43. The van der Waals surface area contributed by atoms with E-state index in [2.05, 4.69) is 25.9 Å². The fourth-order valence-corrected chi connectivity index (χ4v) is 3.49. The topological polar surface area (TPSA) is 44.8 Å². The second kappa shape index (κ2) is 3.45. The van der Waals surface area contributed by atoms with E-state index in [0.29, 0.717) is 0 Å². The molecule has 1 saturated heterocycles. The third-order valence-corrected chi connectivity index (χ3v) is 4.24. The van der Waals surface area contributed by atoms with Crippen molar-refractivity contribution in [2.45, 2.75) is 19.3 Å². The van der Waals surface area contributed by atoms with Gasteiger partial charge in [0.15, 0.2) is 0 Å². The Morgan fingerprint density at radius 1 is 1.18 bits per heavy atom. The van der Waals surface area contributed by atoms with Crippen LogP contribution in [0, 0.1) is 11.8 Å². The predicted molar refractivity (Wildman–Crippen MR) is 66.9 cm³/mol. The fraction of sp³-hybridized carbons (Fsp3) is 0.538. The van der Waals surface area contributed by atoms with Crippen molar-refractivity contribution in [3.63, 3.8) is 0 Å². The number of hydrogen-bond donors (Lipinski definition) is 1. The van der Waals surface area contributed by atoms with Gasteiger partial charge in [-0.15, -0.1) is 0 Å². The average Bonchev–Trinajstić information content (AvgIpc) is 2.95. The SMILES string of the molecule is c1nc(N2CC3CCC(C3)C2)c2cc[nH]c2n1. The molecule has 2 bridgehead atoms. The number of nitrogens with zero attached hydrogens (tertiary/aromatic N) is 3. The monoisotopic (exact) mass is 228 g/mol. The van der Waals surface area contributed by atoms with Gasteiger partial charge in [-0.1, -0.05) is 0 Å². The highest BCUT2D eigenvalue weighted by Crippen LogP contribution is 2.38. The largest absolute Gasteiger partial charge is 0.355 e. The van der Waals surface area contributed by atoms with Gasteiger partial charge in [0, 0.05) is 19.3 Å². The molecule has 4 rings (SSSR count). The Morgan fingerprint density at radius 3 is 2.82 bits per heavy atom. The minimum atomic E-state index is 0.887. The average molecular weight is 228 g/mol. The second-order valence-corrected chi connectivity index (χ2v) is 5.39. The molecule has 0 radical (unpaired) electrons. The van der Waals surface area contributed by atoms with Crippen molar-refractivity contribution >= 4 is 16.9 Å². The fourth-order valence-electron chi connectivity index (χ4n) is 3.49. The van der Waals surface area contributed by atoms with Crippen LogP contribution in [0.5, 0.6) is 0 Å². The number of aromatic nitrogens is 3. The standard InChI is InChI=1S/C13H16N4/c1-2-10-5-9(1)6-17(7-10)13-11-3-4-14-12(11)15-8-16-13/h3-4,8-10H,1-2,5-7H2,(H,14,15,16). The summed E-state index contributed by atoms with van der Waals surface area (Å²) >= 11 is 0. The van der Waals surface area contributed by atoms with Gasteiger partial charge in [0.1, 0.15) is 17.8 Å². The Bertz CT molecular complexity index is 535. The van der Waals surface area contributed by atoms with Crippen LogP contribution in [-0.4, -0.2) is 28.0 Å². The molecule has 88 valence electrons. The summed E-state index contributed by atoms with van der Waals surface area (Å²) in [6.07, 6.45) is 7.86. The highest BCUT2D eigenvalue weighted by atomic mass is 15.2. The van der Waals surface area contributed by atoms with E-state index in [0.717, 1.165) is 28.7 Å². The smallest absolute Gasteiger partial charge is 0.142 e. The van der Waals surface area contributed by atoms with Gasteiger partial charge in [-0.3, -0.25) is 0 Å². The summed E-state index contributed by atoms with van der Waals surface area (Å²) in [4.78, 5) is 14.4. The van der Waals surface area contributed by atoms with Crippen LogP contribution in [0.4, 0.5) is 5.82 Å². The molecule has 2 atom stereocenters. The van der Waals surface area contributed by atoms with Crippen LogP contribution >= 0.6 is 0 Å². The molecule has 4 heteroatoms. The molecule has 2 aliphatic rings. The van der Waals surface area contributed by atoms with E-state index in [1.165, 1.54) is 32.4 Å². The van der Waals surface area contributed by atoms with E-state index >= 15 is 0 Å². The van der Waals surface area contributed by atoms with Crippen molar-refractivity contribution in [1.82, 2.24) is 15.0 Å². The van der Waals surface area contributed by atoms with E-state index < -0.39 is 0 Å². The molecular weight excluding hydrogens is 212 g/mol. The number of hydrogen-bond acceptors (Lipinski definition) is 3. The Balaban J connectivity index is 1.76. The summed E-state index contributed by atoms with van der Waals surface area (Å²) in [6.45, 7) is 2.35. The van der Waals surface area contributed by atoms with Crippen molar-refractivity contribution in [3.05, 3.63) is 18.6 Å². The molecule has 1 aliphatic carbocycles. The lowest BCUT2D eigenvalue weighted by atomic mass is 9.99. The van der Waals surface area contributed by atoms with E-state index in [1.54, 1.807) is 6.33 Å². The number of nitrogens with one attached hydrogen (secondary N) is 1. The van der Waals surface area contributed by atoms with E-state index in [1.807, 2.05) is 6.20 Å². The van der Waals surface area contributed by atoms with Gasteiger partial charge < -0.3 is 9.88 Å². The van der Waals surface area contributed by atoms with Crippen LogP contribution in [-0.2, 0) is 0 Å². The zero-order valence-corrected chi connectivity index (χ0v) is 9.76. The number of anilines is 1. The highest BCUT2D eigenvalue weighted by molar-refractivity contribution is 5.87. The summed E-state index contributed by atoms with van der Waals surface area (Å²) in [5.74, 6) is 2.89. The van der Waals surface area contributed by atoms with E-state index in [4.69, 9.17) is 0 Å². The predicted octanol–water partition coefficient (Wildman–Crippen LogP) is 2.19. The summed E-state index contributed by atoms with van der Waals surface area (Å²) in [5, 5.41) is 1.16. The Hall–Kier alpha value is -1.58. The number of H-pyrrole nitrogens is 1. The van der Waals surface area contributed by atoms with Crippen molar-refractivity contribution in [2.75, 3.05) is 18.0 Å². The van der Waals surface area contributed by atoms with Crippen LogP contribution in [0.1, 0.15) is 19.3 Å². The van der Waals surface area contributed by atoms with Gasteiger partial charge in [-0.25, -0.2) is 9.97 Å². The van der Waals surface area contributed by atoms with E-state index in [9.17, 15) is 0 Å². The summed E-state index contributed by atoms with van der Waals surface area (Å²) in [5.41, 5.74) is 0.952. The Labute approximate surface area is 100 Å². The van der Waals surface area contributed by atoms with Crippen molar-refractivity contribution < 1.29 is 0 Å². The molecule has 3 heterocycles. The quantitative estimate of drug-likeness (QED) is 0.813. The van der Waals surface area contributed by atoms with Gasteiger partial charge in [-0.05, 0) is 37.2 Å². The molecule has 2 fully saturated rings. The molecule has 17 heavy (non-hydrogen) atoms. The number of aromatic amines is 1. The van der Waals surface area contributed by atoms with Crippen molar-refractivity contribution in [3.8, 4) is 0 Å². The Morgan fingerprint density at radius 2 is 2.00 bits per heavy atom. The molecule has 1 N–H and O–H groups in total. The number of piperidine rings is 1. The summed E-state index contributed by atoms with van der Waals surface area (Å²) < 4.78 is 0. The summed E-state index contributed by atoms with van der Waals surface area (Å²) in [6, 6.07) is 2.08. The van der Waals surface area contributed by atoms with Crippen molar-refractivity contribution in [2.24, 2.45) is 11.8 Å². The minimum Gasteiger partial charge on any atom is -0.355 e. The second-order valence-electron chi connectivity index (χ2n) is 5.39. The first-order valence-corrected chi connectivity index (χ1v) is 6.43. The molecule has 1 aliphatic heterocycles.